The van der Waals surface area contributed by atoms with E-state index in [-0.39, 0.29) is 22.9 Å². The molecule has 1 atom stereocenters. The SMILES string of the molecule is CCOc1cc(C(=O)N2CCC[C@H]2C(=O)O)ccc1-c1nc2n[nH]nc2c(=O)[nH]1. The normalized spacial score (nSPS) is 16.3. The monoisotopic (exact) mass is 398 g/mol. The van der Waals surface area contributed by atoms with Crippen LogP contribution in [0.4, 0.5) is 0 Å². The van der Waals surface area contributed by atoms with Crippen molar-refractivity contribution in [1.29, 1.82) is 0 Å². The molecule has 1 amide bonds. The van der Waals surface area contributed by atoms with Crippen LogP contribution in [0.5, 0.6) is 5.75 Å². The van der Waals surface area contributed by atoms with Gasteiger partial charge in [0, 0.05) is 12.1 Å². The molecule has 0 saturated carbocycles. The topological polar surface area (TPSA) is 154 Å². The number of hydrogen-bond acceptors (Lipinski definition) is 7. The van der Waals surface area contributed by atoms with Crippen molar-refractivity contribution in [2.75, 3.05) is 13.2 Å². The molecular weight excluding hydrogens is 380 g/mol. The van der Waals surface area contributed by atoms with Crippen LogP contribution in [0.1, 0.15) is 30.1 Å². The summed E-state index contributed by atoms with van der Waals surface area (Å²) in [5, 5.41) is 19.3. The van der Waals surface area contributed by atoms with Crippen molar-refractivity contribution in [3.63, 3.8) is 0 Å². The van der Waals surface area contributed by atoms with E-state index in [4.69, 9.17) is 4.74 Å². The number of aromatic amines is 2. The summed E-state index contributed by atoms with van der Waals surface area (Å²) < 4.78 is 5.66. The summed E-state index contributed by atoms with van der Waals surface area (Å²) in [7, 11) is 0. The molecule has 1 aliphatic rings. The van der Waals surface area contributed by atoms with Gasteiger partial charge in [0.15, 0.2) is 5.52 Å². The summed E-state index contributed by atoms with van der Waals surface area (Å²) in [5.41, 5.74) is 0.569. The van der Waals surface area contributed by atoms with E-state index < -0.39 is 17.6 Å². The number of likely N-dealkylation sites (tertiary alicyclic amines) is 1. The van der Waals surface area contributed by atoms with Gasteiger partial charge in [-0.15, -0.1) is 10.2 Å². The Morgan fingerprint density at radius 1 is 1.34 bits per heavy atom. The van der Waals surface area contributed by atoms with Crippen LogP contribution in [0.3, 0.4) is 0 Å². The molecule has 4 rings (SSSR count). The van der Waals surface area contributed by atoms with Gasteiger partial charge < -0.3 is 19.7 Å². The molecule has 150 valence electrons. The molecule has 11 nitrogen and oxygen atoms in total. The Balaban J connectivity index is 1.74. The second-order valence-corrected chi connectivity index (χ2v) is 6.55. The Morgan fingerprint density at radius 3 is 2.93 bits per heavy atom. The lowest BCUT2D eigenvalue weighted by Gasteiger charge is -2.22. The van der Waals surface area contributed by atoms with Crippen molar-refractivity contribution in [1.82, 2.24) is 30.3 Å². The summed E-state index contributed by atoms with van der Waals surface area (Å²) in [6, 6.07) is 3.87. The molecule has 0 aliphatic carbocycles. The Bertz CT molecular complexity index is 1150. The van der Waals surface area contributed by atoms with Gasteiger partial charge >= 0.3 is 5.97 Å². The highest BCUT2D eigenvalue weighted by molar-refractivity contribution is 5.98. The van der Waals surface area contributed by atoms with Gasteiger partial charge in [0.1, 0.15) is 17.6 Å². The number of aliphatic carboxylic acids is 1. The number of fused-ring (bicyclic) bond motifs is 1. The number of amides is 1. The Morgan fingerprint density at radius 2 is 2.17 bits per heavy atom. The highest BCUT2D eigenvalue weighted by Crippen LogP contribution is 2.30. The van der Waals surface area contributed by atoms with Gasteiger partial charge in [-0.05, 0) is 38.0 Å². The molecule has 0 unspecified atom stereocenters. The molecule has 2 aromatic heterocycles. The van der Waals surface area contributed by atoms with E-state index in [0.29, 0.717) is 42.9 Å². The second-order valence-electron chi connectivity index (χ2n) is 6.55. The van der Waals surface area contributed by atoms with E-state index in [1.807, 2.05) is 0 Å². The number of rotatable bonds is 5. The highest BCUT2D eigenvalue weighted by atomic mass is 16.5. The minimum Gasteiger partial charge on any atom is -0.493 e. The van der Waals surface area contributed by atoms with Gasteiger partial charge in [0.25, 0.3) is 11.5 Å². The van der Waals surface area contributed by atoms with E-state index >= 15 is 0 Å². The Hall–Kier alpha value is -3.76. The number of carboxylic acid groups (broad SMARTS) is 1. The number of carbonyl (C=O) groups is 2. The van der Waals surface area contributed by atoms with Gasteiger partial charge in [-0.3, -0.25) is 9.59 Å². The average molecular weight is 398 g/mol. The van der Waals surface area contributed by atoms with E-state index in [1.165, 1.54) is 11.0 Å². The summed E-state index contributed by atoms with van der Waals surface area (Å²) in [5.74, 6) is -0.824. The minimum absolute atomic E-state index is 0.0900. The first kappa shape index (κ1) is 18.6. The van der Waals surface area contributed by atoms with Crippen LogP contribution < -0.4 is 10.3 Å². The zero-order chi connectivity index (χ0) is 20.5. The first-order valence-electron chi connectivity index (χ1n) is 9.11. The molecule has 3 aromatic rings. The van der Waals surface area contributed by atoms with Crippen LogP contribution in [0, 0.1) is 0 Å². The Kier molecular flexibility index (Phi) is 4.71. The molecule has 0 bridgehead atoms. The fraction of sp³-hybridized carbons (Fsp3) is 0.333. The largest absolute Gasteiger partial charge is 0.493 e. The molecule has 3 heterocycles. The quantitative estimate of drug-likeness (QED) is 0.570. The average Bonchev–Trinajstić information content (AvgIpc) is 3.37. The van der Waals surface area contributed by atoms with Crippen molar-refractivity contribution in [3.8, 4) is 17.1 Å². The fourth-order valence-corrected chi connectivity index (χ4v) is 3.44. The summed E-state index contributed by atoms with van der Waals surface area (Å²) in [6.07, 6.45) is 1.07. The third-order valence-corrected chi connectivity index (χ3v) is 4.78. The zero-order valence-electron chi connectivity index (χ0n) is 15.5. The lowest BCUT2D eigenvalue weighted by Crippen LogP contribution is -2.40. The molecule has 1 fully saturated rings. The number of nitrogens with one attached hydrogen (secondary N) is 2. The van der Waals surface area contributed by atoms with Crippen molar-refractivity contribution in [2.45, 2.75) is 25.8 Å². The maximum atomic E-state index is 12.9. The predicted octanol–water partition coefficient (Wildman–Crippen LogP) is 0.796. The third-order valence-electron chi connectivity index (χ3n) is 4.78. The summed E-state index contributed by atoms with van der Waals surface area (Å²) in [4.78, 5) is 44.7. The van der Waals surface area contributed by atoms with Crippen LogP contribution in [-0.4, -0.2) is 66.5 Å². The van der Waals surface area contributed by atoms with Crippen LogP contribution >= 0.6 is 0 Å². The van der Waals surface area contributed by atoms with Gasteiger partial charge in [-0.2, -0.15) is 5.21 Å². The number of aromatic nitrogens is 5. The number of H-pyrrole nitrogens is 2. The summed E-state index contributed by atoms with van der Waals surface area (Å²) in [6.45, 7) is 2.50. The lowest BCUT2D eigenvalue weighted by atomic mass is 10.1. The van der Waals surface area contributed by atoms with Crippen molar-refractivity contribution in [2.24, 2.45) is 0 Å². The van der Waals surface area contributed by atoms with Crippen molar-refractivity contribution in [3.05, 3.63) is 34.1 Å². The van der Waals surface area contributed by atoms with Gasteiger partial charge in [0.2, 0.25) is 5.65 Å². The number of carbonyl (C=O) groups excluding carboxylic acids is 1. The van der Waals surface area contributed by atoms with Crippen molar-refractivity contribution >= 4 is 23.0 Å². The summed E-state index contributed by atoms with van der Waals surface area (Å²) >= 11 is 0. The lowest BCUT2D eigenvalue weighted by molar-refractivity contribution is -0.141. The fourth-order valence-electron chi connectivity index (χ4n) is 3.44. The first-order valence-corrected chi connectivity index (χ1v) is 9.11. The standard InChI is InChI=1S/C18H18N6O5/c1-2-29-12-8-9(17(26)24-7-3-4-11(24)18(27)28)5-6-10(12)14-19-15-13(16(25)20-14)21-23-22-15/h5-6,8,11H,2-4,7H2,1H3,(H,27,28)(H2,19,20,21,22,23,25)/t11-/m0/s1. The van der Waals surface area contributed by atoms with E-state index in [9.17, 15) is 19.5 Å². The van der Waals surface area contributed by atoms with Gasteiger partial charge in [-0.25, -0.2) is 9.78 Å². The van der Waals surface area contributed by atoms with E-state index in [2.05, 4.69) is 25.4 Å². The number of ether oxygens (including phenoxy) is 1. The highest BCUT2D eigenvalue weighted by Gasteiger charge is 2.34. The molecule has 0 radical (unpaired) electrons. The van der Waals surface area contributed by atoms with Crippen LogP contribution in [0.25, 0.3) is 22.6 Å². The van der Waals surface area contributed by atoms with E-state index in [0.717, 1.165) is 0 Å². The van der Waals surface area contributed by atoms with Gasteiger partial charge in [-0.1, -0.05) is 0 Å². The zero-order valence-corrected chi connectivity index (χ0v) is 15.5. The Labute approximate surface area is 163 Å². The van der Waals surface area contributed by atoms with Crippen molar-refractivity contribution < 1.29 is 19.4 Å². The van der Waals surface area contributed by atoms with Crippen LogP contribution in [-0.2, 0) is 4.79 Å². The molecule has 3 N–H and O–H groups in total. The molecule has 1 aliphatic heterocycles. The number of benzene rings is 1. The second kappa shape index (κ2) is 7.34. The molecule has 1 aromatic carbocycles. The third kappa shape index (κ3) is 3.30. The molecule has 1 saturated heterocycles. The van der Waals surface area contributed by atoms with Crippen LogP contribution in [0.2, 0.25) is 0 Å². The maximum Gasteiger partial charge on any atom is 0.326 e. The maximum absolute atomic E-state index is 12.9. The molecule has 0 spiro atoms. The van der Waals surface area contributed by atoms with Crippen LogP contribution in [0.15, 0.2) is 23.0 Å². The molecule has 29 heavy (non-hydrogen) atoms. The number of nitrogens with zero attached hydrogens (tertiary/aromatic N) is 4. The minimum atomic E-state index is -1.01. The smallest absolute Gasteiger partial charge is 0.326 e. The van der Waals surface area contributed by atoms with Gasteiger partial charge in [0.05, 0.1) is 12.2 Å². The first-order chi connectivity index (χ1) is 14.0. The number of carboxylic acids is 1. The van der Waals surface area contributed by atoms with E-state index in [1.54, 1.807) is 19.1 Å². The molecule has 11 heteroatoms. The molecular formula is C18H18N6O5. The number of hydrogen-bond donors (Lipinski definition) is 3. The predicted molar refractivity (Wildman–Crippen MR) is 101 cm³/mol.